The molecule has 0 saturated carbocycles. The van der Waals surface area contributed by atoms with Crippen molar-refractivity contribution in [3.8, 4) is 0 Å². The fourth-order valence-electron chi connectivity index (χ4n) is 1.67. The predicted octanol–water partition coefficient (Wildman–Crippen LogP) is 3.70. The van der Waals surface area contributed by atoms with Crippen LogP contribution in [0.3, 0.4) is 0 Å². The smallest absolute Gasteiger partial charge is 0.0460 e. The lowest BCUT2D eigenvalue weighted by molar-refractivity contribution is 0.448. The molecule has 1 aromatic rings. The lowest BCUT2D eigenvalue weighted by atomic mass is 9.97. The fourth-order valence-corrected chi connectivity index (χ4v) is 2.07. The number of rotatable bonds is 5. The highest BCUT2D eigenvalue weighted by atomic mass is 79.9. The summed E-state index contributed by atoms with van der Waals surface area (Å²) in [7, 11) is 0. The molecule has 2 nitrogen and oxygen atoms in total. The zero-order chi connectivity index (χ0) is 12.1. The maximum absolute atomic E-state index is 5.61. The summed E-state index contributed by atoms with van der Waals surface area (Å²) >= 11 is 3.55. The highest BCUT2D eigenvalue weighted by Gasteiger charge is 2.11. The van der Waals surface area contributed by atoms with Crippen LogP contribution in [0.15, 0.2) is 22.7 Å². The van der Waals surface area contributed by atoms with Gasteiger partial charge in [-0.15, -0.1) is 0 Å². The number of hydrogen-bond donors (Lipinski definition) is 2. The van der Waals surface area contributed by atoms with Gasteiger partial charge in [0.15, 0.2) is 0 Å². The first-order valence-electron chi connectivity index (χ1n) is 5.76. The molecular weight excluding hydrogens is 264 g/mol. The third-order valence-electron chi connectivity index (χ3n) is 2.83. The van der Waals surface area contributed by atoms with Gasteiger partial charge in [-0.05, 0) is 42.9 Å². The SMILES string of the molecule is Cc1ccc(C(CCC(C)C)NN)cc1Br. The van der Waals surface area contributed by atoms with Crippen molar-refractivity contribution in [3.05, 3.63) is 33.8 Å². The van der Waals surface area contributed by atoms with Crippen LogP contribution in [0.1, 0.15) is 43.9 Å². The first-order valence-corrected chi connectivity index (χ1v) is 6.56. The van der Waals surface area contributed by atoms with E-state index in [1.807, 2.05) is 0 Å². The Bertz CT molecular complexity index is 337. The monoisotopic (exact) mass is 284 g/mol. The van der Waals surface area contributed by atoms with E-state index in [1.165, 1.54) is 17.5 Å². The zero-order valence-corrected chi connectivity index (χ0v) is 11.8. The first kappa shape index (κ1) is 13.7. The van der Waals surface area contributed by atoms with Crippen molar-refractivity contribution < 1.29 is 0 Å². The standard InChI is InChI=1S/C13H21BrN2/c1-9(2)4-7-13(16-15)11-6-5-10(3)12(14)8-11/h5-6,8-9,13,16H,4,7,15H2,1-3H3. The topological polar surface area (TPSA) is 38.0 Å². The second kappa shape index (κ2) is 6.38. The van der Waals surface area contributed by atoms with E-state index < -0.39 is 0 Å². The maximum Gasteiger partial charge on any atom is 0.0460 e. The van der Waals surface area contributed by atoms with E-state index in [9.17, 15) is 0 Å². The third-order valence-corrected chi connectivity index (χ3v) is 3.69. The van der Waals surface area contributed by atoms with Crippen LogP contribution in [0, 0.1) is 12.8 Å². The van der Waals surface area contributed by atoms with Crippen LogP contribution >= 0.6 is 15.9 Å². The molecule has 0 amide bonds. The zero-order valence-electron chi connectivity index (χ0n) is 10.3. The van der Waals surface area contributed by atoms with Gasteiger partial charge in [-0.25, -0.2) is 0 Å². The quantitative estimate of drug-likeness (QED) is 0.639. The van der Waals surface area contributed by atoms with E-state index >= 15 is 0 Å². The van der Waals surface area contributed by atoms with E-state index in [0.717, 1.165) is 10.9 Å². The Balaban J connectivity index is 2.74. The highest BCUT2D eigenvalue weighted by Crippen LogP contribution is 2.25. The van der Waals surface area contributed by atoms with Crippen LogP contribution in [-0.4, -0.2) is 0 Å². The summed E-state index contributed by atoms with van der Waals surface area (Å²) < 4.78 is 1.15. The molecule has 0 aliphatic rings. The van der Waals surface area contributed by atoms with Gasteiger partial charge in [0, 0.05) is 10.5 Å². The fraction of sp³-hybridized carbons (Fsp3) is 0.538. The molecule has 1 unspecified atom stereocenters. The number of halogens is 1. The number of benzene rings is 1. The van der Waals surface area contributed by atoms with Gasteiger partial charge in [0.05, 0.1) is 0 Å². The molecular formula is C13H21BrN2. The number of nitrogens with two attached hydrogens (primary N) is 1. The Morgan fingerprint density at radius 3 is 2.50 bits per heavy atom. The third kappa shape index (κ3) is 3.89. The first-order chi connectivity index (χ1) is 7.54. The molecule has 90 valence electrons. The Hall–Kier alpha value is -0.380. The average molecular weight is 285 g/mol. The summed E-state index contributed by atoms with van der Waals surface area (Å²) in [6.07, 6.45) is 2.25. The van der Waals surface area contributed by atoms with Crippen LogP contribution in [0.25, 0.3) is 0 Å². The van der Waals surface area contributed by atoms with E-state index in [-0.39, 0.29) is 6.04 Å². The number of hydrazine groups is 1. The molecule has 1 atom stereocenters. The molecule has 0 aromatic heterocycles. The van der Waals surface area contributed by atoms with Gasteiger partial charge in [0.2, 0.25) is 0 Å². The minimum Gasteiger partial charge on any atom is -0.271 e. The van der Waals surface area contributed by atoms with Crippen molar-refractivity contribution in [2.45, 2.75) is 39.7 Å². The minimum atomic E-state index is 0.249. The lowest BCUT2D eigenvalue weighted by Crippen LogP contribution is -2.28. The van der Waals surface area contributed by atoms with Gasteiger partial charge in [-0.3, -0.25) is 11.3 Å². The number of aryl methyl sites for hydroxylation is 1. The summed E-state index contributed by atoms with van der Waals surface area (Å²) in [5, 5.41) is 0. The molecule has 0 spiro atoms. The largest absolute Gasteiger partial charge is 0.271 e. The molecule has 16 heavy (non-hydrogen) atoms. The molecule has 1 aromatic carbocycles. The summed E-state index contributed by atoms with van der Waals surface area (Å²) in [5.74, 6) is 6.33. The second-order valence-corrected chi connectivity index (χ2v) is 5.55. The molecule has 0 bridgehead atoms. The van der Waals surface area contributed by atoms with Crippen molar-refractivity contribution in [1.29, 1.82) is 0 Å². The van der Waals surface area contributed by atoms with E-state index in [1.54, 1.807) is 0 Å². The number of nitrogens with one attached hydrogen (secondary N) is 1. The van der Waals surface area contributed by atoms with Crippen molar-refractivity contribution in [2.75, 3.05) is 0 Å². The lowest BCUT2D eigenvalue weighted by Gasteiger charge is -2.18. The summed E-state index contributed by atoms with van der Waals surface area (Å²) in [5.41, 5.74) is 5.40. The van der Waals surface area contributed by atoms with Gasteiger partial charge in [-0.1, -0.05) is 41.9 Å². The highest BCUT2D eigenvalue weighted by molar-refractivity contribution is 9.10. The second-order valence-electron chi connectivity index (χ2n) is 4.70. The van der Waals surface area contributed by atoms with Crippen molar-refractivity contribution >= 4 is 15.9 Å². The molecule has 0 aliphatic heterocycles. The van der Waals surface area contributed by atoms with Crippen molar-refractivity contribution in [2.24, 2.45) is 11.8 Å². The van der Waals surface area contributed by atoms with Crippen LogP contribution < -0.4 is 11.3 Å². The van der Waals surface area contributed by atoms with Gasteiger partial charge in [0.1, 0.15) is 0 Å². The maximum atomic E-state index is 5.61. The van der Waals surface area contributed by atoms with E-state index in [4.69, 9.17) is 5.84 Å². The summed E-state index contributed by atoms with van der Waals surface area (Å²) in [6.45, 7) is 6.56. The Morgan fingerprint density at radius 2 is 2.00 bits per heavy atom. The van der Waals surface area contributed by atoms with Crippen LogP contribution in [-0.2, 0) is 0 Å². The minimum absolute atomic E-state index is 0.249. The van der Waals surface area contributed by atoms with Crippen LogP contribution in [0.2, 0.25) is 0 Å². The van der Waals surface area contributed by atoms with Crippen molar-refractivity contribution in [3.63, 3.8) is 0 Å². The Kier molecular flexibility index (Phi) is 5.46. The molecule has 1 rings (SSSR count). The molecule has 0 radical (unpaired) electrons. The van der Waals surface area contributed by atoms with E-state index in [0.29, 0.717) is 5.92 Å². The van der Waals surface area contributed by atoms with E-state index in [2.05, 4.69) is 60.3 Å². The molecule has 0 heterocycles. The van der Waals surface area contributed by atoms with Crippen molar-refractivity contribution in [1.82, 2.24) is 5.43 Å². The van der Waals surface area contributed by atoms with Gasteiger partial charge < -0.3 is 0 Å². The van der Waals surface area contributed by atoms with Gasteiger partial charge in [-0.2, -0.15) is 0 Å². The number of hydrogen-bond acceptors (Lipinski definition) is 2. The molecule has 3 heteroatoms. The molecule has 0 saturated heterocycles. The summed E-state index contributed by atoms with van der Waals surface area (Å²) in [4.78, 5) is 0. The summed E-state index contributed by atoms with van der Waals surface area (Å²) in [6, 6.07) is 6.67. The Morgan fingerprint density at radius 1 is 1.31 bits per heavy atom. The molecule has 0 aliphatic carbocycles. The normalized spacial score (nSPS) is 13.1. The Labute approximate surface area is 107 Å². The van der Waals surface area contributed by atoms with Gasteiger partial charge >= 0.3 is 0 Å². The molecule has 3 N–H and O–H groups in total. The van der Waals surface area contributed by atoms with Crippen LogP contribution in [0.5, 0.6) is 0 Å². The molecule has 0 fully saturated rings. The predicted molar refractivity (Wildman–Crippen MR) is 73.0 cm³/mol. The average Bonchev–Trinajstić information content (AvgIpc) is 2.23. The van der Waals surface area contributed by atoms with Crippen LogP contribution in [0.4, 0.5) is 0 Å². The van der Waals surface area contributed by atoms with Gasteiger partial charge in [0.25, 0.3) is 0 Å².